The Morgan fingerprint density at radius 3 is 2.70 bits per heavy atom. The molecule has 10 heteroatoms. The van der Waals surface area contributed by atoms with Gasteiger partial charge in [-0.3, -0.25) is 4.79 Å². The predicted octanol–water partition coefficient (Wildman–Crippen LogP) is 5.02. The monoisotopic (exact) mass is 523 g/mol. The van der Waals surface area contributed by atoms with Gasteiger partial charge in [0.15, 0.2) is 4.80 Å². The number of benzene rings is 2. The number of thiazole rings is 1. The average Bonchev–Trinajstić information content (AvgIpc) is 3.15. The first-order valence-electron chi connectivity index (χ1n) is 10.8. The van der Waals surface area contributed by atoms with Crippen LogP contribution in [-0.4, -0.2) is 42.5 Å². The summed E-state index contributed by atoms with van der Waals surface area (Å²) in [6.45, 7) is 3.40. The minimum Gasteiger partial charge on any atom is -0.316 e. The van der Waals surface area contributed by atoms with Gasteiger partial charge < -0.3 is 4.57 Å². The molecule has 1 aromatic heterocycles. The second kappa shape index (κ2) is 10.3. The molecule has 6 nitrogen and oxygen atoms in total. The van der Waals surface area contributed by atoms with Crippen molar-refractivity contribution in [1.82, 2.24) is 8.87 Å². The van der Waals surface area contributed by atoms with E-state index in [1.165, 1.54) is 32.7 Å². The largest absolute Gasteiger partial charge is 0.316 e. The predicted molar refractivity (Wildman–Crippen MR) is 135 cm³/mol. The summed E-state index contributed by atoms with van der Waals surface area (Å²) in [7, 11) is -3.69. The summed E-state index contributed by atoms with van der Waals surface area (Å²) in [5.74, 6) is -0.713. The first kappa shape index (κ1) is 24.5. The summed E-state index contributed by atoms with van der Waals surface area (Å²) in [6.07, 6.45) is 4.21. The van der Waals surface area contributed by atoms with Crippen LogP contribution in [0.4, 0.5) is 0 Å². The van der Waals surface area contributed by atoms with Crippen LogP contribution in [0.5, 0.6) is 0 Å². The number of nitrogens with zero attached hydrogens (tertiary/aromatic N) is 3. The fourth-order valence-corrected chi connectivity index (χ4v) is 7.27. The van der Waals surface area contributed by atoms with Gasteiger partial charge in [-0.1, -0.05) is 29.9 Å². The number of amides is 1. The topological polar surface area (TPSA) is 71.7 Å². The van der Waals surface area contributed by atoms with Gasteiger partial charge in [-0.15, -0.1) is 11.8 Å². The highest BCUT2D eigenvalue weighted by molar-refractivity contribution is 7.98. The molecule has 1 unspecified atom stereocenters. The molecular weight excluding hydrogens is 498 g/mol. The number of hydrogen-bond acceptors (Lipinski definition) is 5. The molecule has 0 radical (unpaired) electrons. The second-order valence-corrected chi connectivity index (χ2v) is 12.2. The van der Waals surface area contributed by atoms with Crippen LogP contribution in [0.2, 0.25) is 5.02 Å². The molecule has 1 atom stereocenters. The van der Waals surface area contributed by atoms with Crippen LogP contribution >= 0.6 is 34.7 Å². The van der Waals surface area contributed by atoms with Crippen molar-refractivity contribution in [3.63, 3.8) is 0 Å². The van der Waals surface area contributed by atoms with Gasteiger partial charge in [0.1, 0.15) is 0 Å². The van der Waals surface area contributed by atoms with Crippen LogP contribution < -0.4 is 4.80 Å². The number of thioether (sulfide) groups is 1. The molecule has 4 rings (SSSR count). The highest BCUT2D eigenvalue weighted by Gasteiger charge is 2.33. The summed E-state index contributed by atoms with van der Waals surface area (Å²) in [6, 6.07) is 12.4. The van der Waals surface area contributed by atoms with Gasteiger partial charge in [0.05, 0.1) is 21.0 Å². The van der Waals surface area contributed by atoms with E-state index in [1.54, 1.807) is 23.9 Å². The standard InChI is InChI=1S/C23H26ClN3O3S3/c1-3-12-27-20-11-8-18(31-2)14-21(20)32-23(27)25-22(28)16-5-4-13-26(15-16)33(29,30)19-9-6-17(24)7-10-19/h6-11,14,16H,3-5,12-13,15H2,1-2H3. The molecule has 1 aliphatic rings. The fourth-order valence-electron chi connectivity index (χ4n) is 4.01. The maximum absolute atomic E-state index is 13.2. The summed E-state index contributed by atoms with van der Waals surface area (Å²) in [4.78, 5) is 19.7. The van der Waals surface area contributed by atoms with Gasteiger partial charge in [0, 0.05) is 29.6 Å². The number of rotatable bonds is 6. The van der Waals surface area contributed by atoms with Gasteiger partial charge in [-0.05, 0) is 68.0 Å². The second-order valence-electron chi connectivity index (χ2n) is 7.98. The Hall–Kier alpha value is -1.65. The minimum absolute atomic E-state index is 0.141. The number of carbonyl (C=O) groups is 1. The number of carbonyl (C=O) groups excluding carboxylic acids is 1. The number of sulfonamides is 1. The van der Waals surface area contributed by atoms with E-state index in [-0.39, 0.29) is 17.3 Å². The molecule has 0 aliphatic carbocycles. The van der Waals surface area contributed by atoms with Gasteiger partial charge in [-0.25, -0.2) is 8.42 Å². The highest BCUT2D eigenvalue weighted by atomic mass is 35.5. The lowest BCUT2D eigenvalue weighted by Crippen LogP contribution is -2.42. The normalized spacial score (nSPS) is 18.2. The van der Waals surface area contributed by atoms with Crippen molar-refractivity contribution >= 4 is 60.8 Å². The van der Waals surface area contributed by atoms with Crippen LogP contribution in [0.25, 0.3) is 10.2 Å². The van der Waals surface area contributed by atoms with Crippen molar-refractivity contribution in [2.24, 2.45) is 10.9 Å². The van der Waals surface area contributed by atoms with Crippen LogP contribution in [0, 0.1) is 5.92 Å². The zero-order valence-electron chi connectivity index (χ0n) is 18.5. The zero-order chi connectivity index (χ0) is 23.6. The van der Waals surface area contributed by atoms with Crippen molar-refractivity contribution in [1.29, 1.82) is 0 Å². The number of aryl methyl sites for hydroxylation is 1. The van der Waals surface area contributed by atoms with Gasteiger partial charge >= 0.3 is 0 Å². The maximum Gasteiger partial charge on any atom is 0.252 e. The Bertz CT molecular complexity index is 1330. The molecule has 0 spiro atoms. The third kappa shape index (κ3) is 5.22. The van der Waals surface area contributed by atoms with Crippen LogP contribution in [0.1, 0.15) is 26.2 Å². The van der Waals surface area contributed by atoms with Crippen molar-refractivity contribution in [3.05, 3.63) is 52.3 Å². The molecule has 33 heavy (non-hydrogen) atoms. The van der Waals surface area contributed by atoms with Crippen LogP contribution in [0.3, 0.4) is 0 Å². The third-order valence-corrected chi connectivity index (χ3v) is 9.63. The van der Waals surface area contributed by atoms with E-state index >= 15 is 0 Å². The Labute approximate surface area is 207 Å². The lowest BCUT2D eigenvalue weighted by molar-refractivity contribution is -0.122. The van der Waals surface area contributed by atoms with E-state index < -0.39 is 15.9 Å². The quantitative estimate of drug-likeness (QED) is 0.425. The lowest BCUT2D eigenvalue weighted by Gasteiger charge is -2.30. The molecule has 2 heterocycles. The molecule has 2 aromatic carbocycles. The van der Waals surface area contributed by atoms with E-state index in [9.17, 15) is 13.2 Å². The molecule has 1 saturated heterocycles. The van der Waals surface area contributed by atoms with Crippen molar-refractivity contribution in [2.75, 3.05) is 19.3 Å². The molecule has 0 bridgehead atoms. The number of piperidine rings is 1. The summed E-state index contributed by atoms with van der Waals surface area (Å²) < 4.78 is 30.7. The van der Waals surface area contributed by atoms with Crippen LogP contribution in [0.15, 0.2) is 57.2 Å². The molecule has 1 aliphatic heterocycles. The minimum atomic E-state index is -3.69. The van der Waals surface area contributed by atoms with E-state index in [0.717, 1.165) is 23.2 Å². The van der Waals surface area contributed by atoms with Gasteiger partial charge in [0.25, 0.3) is 5.91 Å². The first-order valence-corrected chi connectivity index (χ1v) is 14.7. The number of aromatic nitrogens is 1. The molecule has 0 saturated carbocycles. The van der Waals surface area contributed by atoms with Crippen molar-refractivity contribution in [3.8, 4) is 0 Å². The Balaban J connectivity index is 1.62. The third-order valence-electron chi connectivity index (χ3n) is 5.73. The molecule has 1 amide bonds. The van der Waals surface area contributed by atoms with Crippen molar-refractivity contribution in [2.45, 2.75) is 42.5 Å². The van der Waals surface area contributed by atoms with E-state index in [1.807, 2.05) is 6.26 Å². The first-order chi connectivity index (χ1) is 15.8. The SMILES string of the molecule is CCCn1c(=NC(=O)C2CCCN(S(=O)(=O)c3ccc(Cl)cc3)C2)sc2cc(SC)ccc21. The molecule has 1 fully saturated rings. The fraction of sp³-hybridized carbons (Fsp3) is 0.391. The smallest absolute Gasteiger partial charge is 0.252 e. The maximum atomic E-state index is 13.2. The summed E-state index contributed by atoms with van der Waals surface area (Å²) in [5, 5.41) is 0.479. The highest BCUT2D eigenvalue weighted by Crippen LogP contribution is 2.27. The van der Waals surface area contributed by atoms with Gasteiger partial charge in [0.2, 0.25) is 10.0 Å². The van der Waals surface area contributed by atoms with Gasteiger partial charge in [-0.2, -0.15) is 9.30 Å². The summed E-state index contributed by atoms with van der Waals surface area (Å²) in [5.41, 5.74) is 1.07. The van der Waals surface area contributed by atoms with E-state index in [2.05, 4.69) is 34.7 Å². The van der Waals surface area contributed by atoms with E-state index in [0.29, 0.717) is 29.2 Å². The zero-order valence-corrected chi connectivity index (χ0v) is 21.7. The van der Waals surface area contributed by atoms with Crippen molar-refractivity contribution < 1.29 is 13.2 Å². The van der Waals surface area contributed by atoms with E-state index in [4.69, 9.17) is 11.6 Å². The Kier molecular flexibility index (Phi) is 7.65. The number of fused-ring (bicyclic) bond motifs is 1. The molecular formula is C23H26ClN3O3S3. The molecule has 3 aromatic rings. The molecule has 176 valence electrons. The number of halogens is 1. The Morgan fingerprint density at radius 2 is 2.00 bits per heavy atom. The molecule has 0 N–H and O–H groups in total. The lowest BCUT2D eigenvalue weighted by atomic mass is 9.99. The summed E-state index contributed by atoms with van der Waals surface area (Å²) >= 11 is 9.09. The Morgan fingerprint density at radius 1 is 1.24 bits per heavy atom. The number of hydrogen-bond donors (Lipinski definition) is 0. The average molecular weight is 524 g/mol. The van der Waals surface area contributed by atoms with Crippen LogP contribution in [-0.2, 0) is 21.4 Å².